The van der Waals surface area contributed by atoms with Crippen molar-refractivity contribution in [1.82, 2.24) is 4.72 Å². The zero-order chi connectivity index (χ0) is 15.5. The molecule has 0 spiro atoms. The van der Waals surface area contributed by atoms with E-state index in [1.807, 2.05) is 6.07 Å². The number of nitrogens with one attached hydrogen (secondary N) is 1. The normalized spacial score (nSPS) is 18.6. The third kappa shape index (κ3) is 3.43. The van der Waals surface area contributed by atoms with Crippen molar-refractivity contribution in [3.63, 3.8) is 0 Å². The predicted octanol–water partition coefficient (Wildman–Crippen LogP) is 2.08. The van der Waals surface area contributed by atoms with Crippen LogP contribution in [0.4, 0.5) is 0 Å². The molecule has 0 saturated heterocycles. The third-order valence-corrected chi connectivity index (χ3v) is 6.67. The molecule has 0 atom stereocenters. The number of thiophene rings is 1. The number of hydrogen-bond donors (Lipinski definition) is 2. The highest BCUT2D eigenvalue weighted by Gasteiger charge is 2.42. The van der Waals surface area contributed by atoms with E-state index in [2.05, 4.69) is 4.72 Å². The highest BCUT2D eigenvalue weighted by Crippen LogP contribution is 2.30. The number of rotatable bonds is 4. The van der Waals surface area contributed by atoms with Gasteiger partial charge in [0.05, 0.1) is 0 Å². The Labute approximate surface area is 127 Å². The summed E-state index contributed by atoms with van der Waals surface area (Å²) < 4.78 is 27.1. The maximum Gasteiger partial charge on any atom is 0.324 e. The van der Waals surface area contributed by atoms with E-state index in [0.29, 0.717) is 12.8 Å². The minimum Gasteiger partial charge on any atom is -0.480 e. The molecule has 0 radical (unpaired) electrons. The maximum atomic E-state index is 12.4. The number of hydrogen-bond acceptors (Lipinski definition) is 5. The Bertz CT molecular complexity index is 665. The molecule has 2 N–H and O–H groups in total. The van der Waals surface area contributed by atoms with Gasteiger partial charge in [-0.3, -0.25) is 4.79 Å². The lowest BCUT2D eigenvalue weighted by Crippen LogP contribution is -2.53. The first-order chi connectivity index (χ1) is 9.89. The molecule has 1 heterocycles. The standard InChI is InChI=1S/C13H16N2O4S2/c14-9-10-5-6-11(20-10)21(18,19)15-13(12(16)17)7-3-1-2-4-8-13/h5-6,15H,1-4,7-8H2,(H,16,17). The molecule has 0 aromatic carbocycles. The van der Waals surface area contributed by atoms with Crippen LogP contribution >= 0.6 is 11.3 Å². The molecule has 0 unspecified atom stereocenters. The van der Waals surface area contributed by atoms with Crippen molar-refractivity contribution in [2.24, 2.45) is 0 Å². The van der Waals surface area contributed by atoms with Gasteiger partial charge in [-0.25, -0.2) is 8.42 Å². The summed E-state index contributed by atoms with van der Waals surface area (Å²) in [6, 6.07) is 4.62. The average molecular weight is 328 g/mol. The molecule has 21 heavy (non-hydrogen) atoms. The Balaban J connectivity index is 2.31. The molecule has 1 aliphatic carbocycles. The zero-order valence-corrected chi connectivity index (χ0v) is 13.0. The molecule has 114 valence electrons. The largest absolute Gasteiger partial charge is 0.480 e. The Morgan fingerprint density at radius 3 is 2.38 bits per heavy atom. The lowest BCUT2D eigenvalue weighted by molar-refractivity contribution is -0.144. The molecule has 2 rings (SSSR count). The molecule has 1 fully saturated rings. The van der Waals surface area contributed by atoms with Crippen LogP contribution in [0.15, 0.2) is 16.3 Å². The lowest BCUT2D eigenvalue weighted by Gasteiger charge is -2.28. The van der Waals surface area contributed by atoms with E-state index in [0.717, 1.165) is 24.2 Å². The van der Waals surface area contributed by atoms with Gasteiger partial charge in [0, 0.05) is 0 Å². The van der Waals surface area contributed by atoms with E-state index >= 15 is 0 Å². The van der Waals surface area contributed by atoms with Crippen LogP contribution in [0.3, 0.4) is 0 Å². The van der Waals surface area contributed by atoms with Crippen molar-refractivity contribution in [3.8, 4) is 6.07 Å². The number of sulfonamides is 1. The highest BCUT2D eigenvalue weighted by atomic mass is 32.2. The molecule has 0 amide bonds. The van der Waals surface area contributed by atoms with Crippen LogP contribution in [-0.2, 0) is 14.8 Å². The summed E-state index contributed by atoms with van der Waals surface area (Å²) in [6.07, 6.45) is 3.77. The summed E-state index contributed by atoms with van der Waals surface area (Å²) in [5.41, 5.74) is -1.44. The van der Waals surface area contributed by atoms with Crippen molar-refractivity contribution >= 4 is 27.3 Å². The molecule has 0 aliphatic heterocycles. The van der Waals surface area contributed by atoms with E-state index < -0.39 is 21.5 Å². The second kappa shape index (κ2) is 6.13. The van der Waals surface area contributed by atoms with Crippen molar-refractivity contribution in [1.29, 1.82) is 5.26 Å². The maximum absolute atomic E-state index is 12.4. The van der Waals surface area contributed by atoms with Gasteiger partial charge in [0.1, 0.15) is 20.7 Å². The van der Waals surface area contributed by atoms with Crippen LogP contribution < -0.4 is 4.72 Å². The SMILES string of the molecule is N#Cc1ccc(S(=O)(=O)NC2(C(=O)O)CCCCCC2)s1. The van der Waals surface area contributed by atoms with Crippen LogP contribution in [0.5, 0.6) is 0 Å². The molecule has 1 aromatic heterocycles. The predicted molar refractivity (Wildman–Crippen MR) is 77.4 cm³/mol. The summed E-state index contributed by atoms with van der Waals surface area (Å²) in [4.78, 5) is 11.9. The molecule has 8 heteroatoms. The fourth-order valence-electron chi connectivity index (χ4n) is 2.52. The second-order valence-electron chi connectivity index (χ2n) is 5.14. The fraction of sp³-hybridized carbons (Fsp3) is 0.538. The molecule has 6 nitrogen and oxygen atoms in total. The number of carboxylic acid groups (broad SMARTS) is 1. The van der Waals surface area contributed by atoms with E-state index in [1.54, 1.807) is 0 Å². The first-order valence-corrected chi connectivity index (χ1v) is 8.97. The number of aliphatic carboxylic acids is 1. The smallest absolute Gasteiger partial charge is 0.324 e. The summed E-state index contributed by atoms with van der Waals surface area (Å²) in [7, 11) is -3.93. The monoisotopic (exact) mass is 328 g/mol. The van der Waals surface area contributed by atoms with E-state index in [-0.39, 0.29) is 21.9 Å². The first kappa shape index (κ1) is 15.9. The molecule has 1 aliphatic rings. The molecular formula is C13H16N2O4S2. The van der Waals surface area contributed by atoms with Gasteiger partial charge < -0.3 is 5.11 Å². The minimum absolute atomic E-state index is 0.0241. The quantitative estimate of drug-likeness (QED) is 0.823. The molecule has 1 saturated carbocycles. The van der Waals surface area contributed by atoms with Crippen LogP contribution in [0.2, 0.25) is 0 Å². The Morgan fingerprint density at radius 2 is 1.90 bits per heavy atom. The summed E-state index contributed by atoms with van der Waals surface area (Å²) in [5, 5.41) is 18.3. The summed E-state index contributed by atoms with van der Waals surface area (Å²) in [5.74, 6) is -1.13. The number of nitriles is 1. The first-order valence-electron chi connectivity index (χ1n) is 6.67. The number of nitrogens with zero attached hydrogens (tertiary/aromatic N) is 1. The van der Waals surface area contributed by atoms with E-state index in [4.69, 9.17) is 5.26 Å². The summed E-state index contributed by atoms with van der Waals surface area (Å²) >= 11 is 0.840. The van der Waals surface area contributed by atoms with Gasteiger partial charge in [-0.1, -0.05) is 25.7 Å². The Morgan fingerprint density at radius 1 is 1.29 bits per heavy atom. The summed E-state index contributed by atoms with van der Waals surface area (Å²) in [6.45, 7) is 0. The van der Waals surface area contributed by atoms with E-state index in [1.165, 1.54) is 12.1 Å². The fourth-order valence-corrected chi connectivity index (χ4v) is 5.05. The van der Waals surface area contributed by atoms with Gasteiger partial charge in [-0.2, -0.15) is 9.98 Å². The van der Waals surface area contributed by atoms with E-state index in [9.17, 15) is 18.3 Å². The van der Waals surface area contributed by atoms with Crippen LogP contribution in [0.1, 0.15) is 43.4 Å². The molecular weight excluding hydrogens is 312 g/mol. The van der Waals surface area contributed by atoms with Gasteiger partial charge >= 0.3 is 5.97 Å². The molecule has 1 aromatic rings. The minimum atomic E-state index is -3.93. The highest BCUT2D eigenvalue weighted by molar-refractivity contribution is 7.91. The Kier molecular flexibility index (Phi) is 4.66. The van der Waals surface area contributed by atoms with Crippen molar-refractivity contribution in [2.75, 3.05) is 0 Å². The van der Waals surface area contributed by atoms with Crippen LogP contribution in [0, 0.1) is 11.3 Å². The zero-order valence-electron chi connectivity index (χ0n) is 11.3. The van der Waals surface area contributed by atoms with Crippen molar-refractivity contribution < 1.29 is 18.3 Å². The van der Waals surface area contributed by atoms with Crippen LogP contribution in [-0.4, -0.2) is 25.0 Å². The van der Waals surface area contributed by atoms with Crippen LogP contribution in [0.25, 0.3) is 0 Å². The van der Waals surface area contributed by atoms with Crippen molar-refractivity contribution in [2.45, 2.75) is 48.3 Å². The van der Waals surface area contributed by atoms with Crippen molar-refractivity contribution in [3.05, 3.63) is 17.0 Å². The number of carboxylic acids is 1. The second-order valence-corrected chi connectivity index (χ2v) is 8.13. The van der Waals surface area contributed by atoms with Gasteiger partial charge in [0.2, 0.25) is 0 Å². The van der Waals surface area contributed by atoms with Gasteiger partial charge in [0.25, 0.3) is 10.0 Å². The molecule has 0 bridgehead atoms. The Hall–Kier alpha value is -1.43. The third-order valence-electron chi connectivity index (χ3n) is 3.65. The lowest BCUT2D eigenvalue weighted by atomic mass is 9.92. The topological polar surface area (TPSA) is 107 Å². The average Bonchev–Trinajstić information content (AvgIpc) is 2.80. The number of carbonyl (C=O) groups is 1. The van der Waals surface area contributed by atoms with Gasteiger partial charge in [-0.05, 0) is 25.0 Å². The van der Waals surface area contributed by atoms with Gasteiger partial charge in [-0.15, -0.1) is 11.3 Å². The van der Waals surface area contributed by atoms with Gasteiger partial charge in [0.15, 0.2) is 0 Å².